The van der Waals surface area contributed by atoms with E-state index in [1.165, 1.54) is 6.20 Å². The third-order valence-corrected chi connectivity index (χ3v) is 2.51. The number of alkyl halides is 1. The molecule has 0 aliphatic rings. The van der Waals surface area contributed by atoms with Crippen LogP contribution in [-0.4, -0.2) is 21.8 Å². The van der Waals surface area contributed by atoms with E-state index < -0.39 is 0 Å². The number of fused-ring (bicyclic) bond motifs is 1. The number of benzene rings is 1. The van der Waals surface area contributed by atoms with Crippen LogP contribution in [0.5, 0.6) is 0 Å². The molecule has 1 heterocycles. The number of aromatic amines is 1. The molecule has 0 aliphatic carbocycles. The van der Waals surface area contributed by atoms with Gasteiger partial charge in [-0.25, -0.2) is 4.98 Å². The SMILES string of the molecule is N#C/C(=C/NC(=O)CCl)c1nc2ccccc2[nH]1. The van der Waals surface area contributed by atoms with Crippen molar-refractivity contribution < 1.29 is 4.79 Å². The van der Waals surface area contributed by atoms with Gasteiger partial charge in [-0.2, -0.15) is 5.26 Å². The van der Waals surface area contributed by atoms with Crippen molar-refractivity contribution in [1.29, 1.82) is 5.26 Å². The molecule has 2 N–H and O–H groups in total. The van der Waals surface area contributed by atoms with Crippen molar-refractivity contribution in [3.8, 4) is 6.07 Å². The van der Waals surface area contributed by atoms with E-state index in [1.807, 2.05) is 30.3 Å². The maximum Gasteiger partial charge on any atom is 0.238 e. The van der Waals surface area contributed by atoms with Crippen LogP contribution in [0.2, 0.25) is 0 Å². The van der Waals surface area contributed by atoms with Gasteiger partial charge < -0.3 is 10.3 Å². The van der Waals surface area contributed by atoms with Gasteiger partial charge in [-0.3, -0.25) is 4.79 Å². The highest BCUT2D eigenvalue weighted by Crippen LogP contribution is 2.15. The fraction of sp³-hybridized carbons (Fsp3) is 0.0833. The fourth-order valence-corrected chi connectivity index (χ4v) is 1.50. The van der Waals surface area contributed by atoms with Gasteiger partial charge >= 0.3 is 0 Å². The number of rotatable bonds is 3. The van der Waals surface area contributed by atoms with Gasteiger partial charge in [0.15, 0.2) is 5.82 Å². The zero-order valence-corrected chi connectivity index (χ0v) is 10.0. The summed E-state index contributed by atoms with van der Waals surface area (Å²) in [4.78, 5) is 18.3. The fourth-order valence-electron chi connectivity index (χ4n) is 1.43. The highest BCUT2D eigenvalue weighted by atomic mass is 35.5. The summed E-state index contributed by atoms with van der Waals surface area (Å²) in [7, 11) is 0. The molecule has 0 saturated heterocycles. The summed E-state index contributed by atoms with van der Waals surface area (Å²) in [5.41, 5.74) is 1.83. The zero-order chi connectivity index (χ0) is 13.0. The Bertz CT molecular complexity index is 620. The molecule has 6 heteroatoms. The number of H-pyrrole nitrogens is 1. The van der Waals surface area contributed by atoms with Crippen molar-refractivity contribution in [3.63, 3.8) is 0 Å². The molecule has 0 spiro atoms. The maximum absolute atomic E-state index is 11.0. The van der Waals surface area contributed by atoms with Crippen molar-refractivity contribution in [2.45, 2.75) is 0 Å². The number of nitriles is 1. The van der Waals surface area contributed by atoms with Gasteiger partial charge in [0, 0.05) is 6.20 Å². The Morgan fingerprint density at radius 1 is 1.56 bits per heavy atom. The number of nitrogens with zero attached hydrogens (tertiary/aromatic N) is 2. The van der Waals surface area contributed by atoms with Crippen molar-refractivity contribution in [2.24, 2.45) is 0 Å². The summed E-state index contributed by atoms with van der Waals surface area (Å²) < 4.78 is 0. The Labute approximate surface area is 108 Å². The van der Waals surface area contributed by atoms with Crippen LogP contribution in [-0.2, 0) is 4.79 Å². The molecule has 0 atom stereocenters. The molecule has 0 bridgehead atoms. The molecule has 1 amide bonds. The number of hydrogen-bond donors (Lipinski definition) is 2. The quantitative estimate of drug-likeness (QED) is 0.652. The second-order valence-corrected chi connectivity index (χ2v) is 3.74. The highest BCUT2D eigenvalue weighted by Gasteiger charge is 2.07. The van der Waals surface area contributed by atoms with E-state index in [1.54, 1.807) is 0 Å². The van der Waals surface area contributed by atoms with E-state index in [-0.39, 0.29) is 17.4 Å². The first-order chi connectivity index (χ1) is 8.74. The highest BCUT2D eigenvalue weighted by molar-refractivity contribution is 6.27. The normalized spacial score (nSPS) is 11.2. The molecule has 90 valence electrons. The number of nitrogens with one attached hydrogen (secondary N) is 2. The summed E-state index contributed by atoms with van der Waals surface area (Å²) in [6.07, 6.45) is 1.29. The van der Waals surface area contributed by atoms with Gasteiger partial charge in [-0.15, -0.1) is 11.6 Å². The van der Waals surface area contributed by atoms with Crippen molar-refractivity contribution >= 4 is 34.1 Å². The topological polar surface area (TPSA) is 81.6 Å². The van der Waals surface area contributed by atoms with Gasteiger partial charge in [-0.05, 0) is 12.1 Å². The lowest BCUT2D eigenvalue weighted by molar-refractivity contribution is -0.117. The Hall–Kier alpha value is -2.32. The summed E-state index contributed by atoms with van der Waals surface area (Å²) in [6.45, 7) is 0. The Kier molecular flexibility index (Phi) is 3.60. The molecule has 0 fully saturated rings. The summed E-state index contributed by atoms with van der Waals surface area (Å²) in [5, 5.41) is 11.4. The standard InChI is InChI=1S/C12H9ClN4O/c13-5-11(18)15-7-8(6-14)12-16-9-3-1-2-4-10(9)17-12/h1-4,7H,5H2,(H,15,18)(H,16,17)/b8-7-. The van der Waals surface area contributed by atoms with Gasteiger partial charge in [0.1, 0.15) is 17.5 Å². The van der Waals surface area contributed by atoms with Crippen LogP contribution in [0, 0.1) is 11.3 Å². The minimum atomic E-state index is -0.375. The molecule has 2 rings (SSSR count). The smallest absolute Gasteiger partial charge is 0.238 e. The number of imidazole rings is 1. The van der Waals surface area contributed by atoms with Crippen LogP contribution in [0.25, 0.3) is 16.6 Å². The second kappa shape index (κ2) is 5.34. The second-order valence-electron chi connectivity index (χ2n) is 3.47. The molecule has 1 aromatic heterocycles. The lowest BCUT2D eigenvalue weighted by atomic mass is 10.3. The van der Waals surface area contributed by atoms with Crippen LogP contribution in [0.15, 0.2) is 30.5 Å². The molecular formula is C12H9ClN4O. The minimum Gasteiger partial charge on any atom is -0.337 e. The Morgan fingerprint density at radius 3 is 3.00 bits per heavy atom. The van der Waals surface area contributed by atoms with E-state index in [2.05, 4.69) is 15.3 Å². The molecular weight excluding hydrogens is 252 g/mol. The maximum atomic E-state index is 11.0. The van der Waals surface area contributed by atoms with Crippen molar-refractivity contribution in [1.82, 2.24) is 15.3 Å². The first-order valence-corrected chi connectivity index (χ1v) is 5.68. The first kappa shape index (κ1) is 12.1. The molecule has 18 heavy (non-hydrogen) atoms. The largest absolute Gasteiger partial charge is 0.337 e. The molecule has 0 radical (unpaired) electrons. The number of hydrogen-bond acceptors (Lipinski definition) is 3. The van der Waals surface area contributed by atoms with Crippen LogP contribution in [0.4, 0.5) is 0 Å². The average Bonchev–Trinajstić information content (AvgIpc) is 2.82. The minimum absolute atomic E-state index is 0.157. The number of carbonyl (C=O) groups excluding carboxylic acids is 1. The molecule has 2 aromatic rings. The Morgan fingerprint density at radius 2 is 2.33 bits per heavy atom. The lowest BCUT2D eigenvalue weighted by Crippen LogP contribution is -2.18. The van der Waals surface area contributed by atoms with Gasteiger partial charge in [0.2, 0.25) is 5.91 Å². The summed E-state index contributed by atoms with van der Waals surface area (Å²) in [5.74, 6) is -0.121. The van der Waals surface area contributed by atoms with E-state index in [9.17, 15) is 4.79 Å². The van der Waals surface area contributed by atoms with E-state index in [0.29, 0.717) is 5.82 Å². The molecule has 0 aliphatic heterocycles. The van der Waals surface area contributed by atoms with Crippen molar-refractivity contribution in [2.75, 3.05) is 5.88 Å². The average molecular weight is 261 g/mol. The number of amides is 1. The first-order valence-electron chi connectivity index (χ1n) is 5.15. The number of carbonyl (C=O) groups is 1. The number of allylic oxidation sites excluding steroid dienone is 1. The van der Waals surface area contributed by atoms with Crippen LogP contribution in [0.1, 0.15) is 5.82 Å². The third kappa shape index (κ3) is 2.50. The predicted molar refractivity (Wildman–Crippen MR) is 68.5 cm³/mol. The monoisotopic (exact) mass is 260 g/mol. The van der Waals surface area contributed by atoms with E-state index in [4.69, 9.17) is 16.9 Å². The summed E-state index contributed by atoms with van der Waals surface area (Å²) >= 11 is 5.34. The lowest BCUT2D eigenvalue weighted by Gasteiger charge is -1.95. The van der Waals surface area contributed by atoms with Gasteiger partial charge in [-0.1, -0.05) is 12.1 Å². The van der Waals surface area contributed by atoms with Gasteiger partial charge in [0.25, 0.3) is 0 Å². The zero-order valence-electron chi connectivity index (χ0n) is 9.27. The molecule has 0 saturated carbocycles. The Balaban J connectivity index is 2.33. The molecule has 5 nitrogen and oxygen atoms in total. The third-order valence-electron chi connectivity index (χ3n) is 2.26. The van der Waals surface area contributed by atoms with Crippen LogP contribution >= 0.6 is 11.6 Å². The predicted octanol–water partition coefficient (Wildman–Crippen LogP) is 1.78. The van der Waals surface area contributed by atoms with Crippen molar-refractivity contribution in [3.05, 3.63) is 36.3 Å². The van der Waals surface area contributed by atoms with E-state index in [0.717, 1.165) is 11.0 Å². The number of halogens is 1. The summed E-state index contributed by atoms with van der Waals surface area (Å²) in [6, 6.07) is 9.39. The molecule has 1 aromatic carbocycles. The van der Waals surface area contributed by atoms with Crippen LogP contribution < -0.4 is 5.32 Å². The van der Waals surface area contributed by atoms with E-state index >= 15 is 0 Å². The van der Waals surface area contributed by atoms with Gasteiger partial charge in [0.05, 0.1) is 11.0 Å². The number of aromatic nitrogens is 2. The number of para-hydroxylation sites is 2. The van der Waals surface area contributed by atoms with Crippen LogP contribution in [0.3, 0.4) is 0 Å². The molecule has 0 unspecified atom stereocenters.